The standard InChI is InChI=1S/C17H18BrNO2/c1-12-10-13(8-9-15(12)18)11-19-16(17(20)21-2)14-6-4-3-5-7-14/h3-10,16,19H,11H2,1-2H3. The van der Waals surface area contributed by atoms with Crippen LogP contribution in [0.25, 0.3) is 0 Å². The van der Waals surface area contributed by atoms with Crippen molar-refractivity contribution in [2.45, 2.75) is 19.5 Å². The van der Waals surface area contributed by atoms with E-state index in [1.165, 1.54) is 12.7 Å². The number of hydrogen-bond acceptors (Lipinski definition) is 3. The van der Waals surface area contributed by atoms with E-state index < -0.39 is 6.04 Å². The number of methoxy groups -OCH3 is 1. The van der Waals surface area contributed by atoms with Gasteiger partial charge >= 0.3 is 5.97 Å². The van der Waals surface area contributed by atoms with Crippen LogP contribution in [0.2, 0.25) is 0 Å². The average molecular weight is 348 g/mol. The summed E-state index contributed by atoms with van der Waals surface area (Å²) in [6.45, 7) is 2.64. The van der Waals surface area contributed by atoms with Crippen LogP contribution in [-0.2, 0) is 16.1 Å². The lowest BCUT2D eigenvalue weighted by atomic mass is 10.1. The molecular weight excluding hydrogens is 330 g/mol. The average Bonchev–Trinajstić information content (AvgIpc) is 2.51. The van der Waals surface area contributed by atoms with E-state index in [0.717, 1.165) is 15.6 Å². The highest BCUT2D eigenvalue weighted by molar-refractivity contribution is 9.10. The topological polar surface area (TPSA) is 38.3 Å². The maximum atomic E-state index is 12.0. The molecule has 0 saturated heterocycles. The van der Waals surface area contributed by atoms with E-state index in [1.54, 1.807) is 0 Å². The van der Waals surface area contributed by atoms with E-state index in [1.807, 2.05) is 49.4 Å². The molecule has 1 atom stereocenters. The number of nitrogens with one attached hydrogen (secondary N) is 1. The molecule has 0 radical (unpaired) electrons. The van der Waals surface area contributed by atoms with Crippen molar-refractivity contribution in [2.24, 2.45) is 0 Å². The first-order valence-corrected chi connectivity index (χ1v) is 7.52. The van der Waals surface area contributed by atoms with Gasteiger partial charge in [0.05, 0.1) is 7.11 Å². The molecule has 1 N–H and O–H groups in total. The van der Waals surface area contributed by atoms with Crippen LogP contribution in [0, 0.1) is 6.92 Å². The second kappa shape index (κ2) is 7.38. The van der Waals surface area contributed by atoms with Crippen molar-refractivity contribution in [3.05, 3.63) is 69.7 Å². The molecule has 1 unspecified atom stereocenters. The van der Waals surface area contributed by atoms with Gasteiger partial charge in [-0.05, 0) is 29.7 Å². The molecule has 0 aliphatic heterocycles. The van der Waals surface area contributed by atoms with Gasteiger partial charge in [0.2, 0.25) is 0 Å². The smallest absolute Gasteiger partial charge is 0.327 e. The fraction of sp³-hybridized carbons (Fsp3) is 0.235. The normalized spacial score (nSPS) is 12.0. The van der Waals surface area contributed by atoms with Crippen LogP contribution in [-0.4, -0.2) is 13.1 Å². The number of hydrogen-bond donors (Lipinski definition) is 1. The highest BCUT2D eigenvalue weighted by Gasteiger charge is 2.20. The Labute approximate surface area is 133 Å². The van der Waals surface area contributed by atoms with Crippen LogP contribution in [0.3, 0.4) is 0 Å². The van der Waals surface area contributed by atoms with Crippen LogP contribution in [0.4, 0.5) is 0 Å². The SMILES string of the molecule is COC(=O)C(NCc1ccc(Br)c(C)c1)c1ccccc1. The van der Waals surface area contributed by atoms with Gasteiger partial charge in [0.15, 0.2) is 0 Å². The van der Waals surface area contributed by atoms with Crippen molar-refractivity contribution in [3.63, 3.8) is 0 Å². The van der Waals surface area contributed by atoms with Crippen LogP contribution >= 0.6 is 15.9 Å². The maximum absolute atomic E-state index is 12.0. The highest BCUT2D eigenvalue weighted by Crippen LogP contribution is 2.19. The van der Waals surface area contributed by atoms with Gasteiger partial charge in [-0.15, -0.1) is 0 Å². The van der Waals surface area contributed by atoms with E-state index in [0.29, 0.717) is 6.54 Å². The third kappa shape index (κ3) is 4.16. The van der Waals surface area contributed by atoms with Gasteiger partial charge in [-0.2, -0.15) is 0 Å². The zero-order chi connectivity index (χ0) is 15.2. The zero-order valence-corrected chi connectivity index (χ0v) is 13.7. The van der Waals surface area contributed by atoms with Gasteiger partial charge in [-0.25, -0.2) is 4.79 Å². The predicted octanol–water partition coefficient (Wildman–Crippen LogP) is 3.76. The molecule has 3 nitrogen and oxygen atoms in total. The third-order valence-corrected chi connectivity index (χ3v) is 4.19. The van der Waals surface area contributed by atoms with Gasteiger partial charge in [0.25, 0.3) is 0 Å². The molecule has 0 aliphatic rings. The van der Waals surface area contributed by atoms with Crippen LogP contribution in [0.15, 0.2) is 53.0 Å². The zero-order valence-electron chi connectivity index (χ0n) is 12.1. The molecule has 0 spiro atoms. The van der Waals surface area contributed by atoms with Crippen molar-refractivity contribution in [2.75, 3.05) is 7.11 Å². The molecule has 2 aromatic carbocycles. The summed E-state index contributed by atoms with van der Waals surface area (Å²) in [5.74, 6) is -0.282. The van der Waals surface area contributed by atoms with E-state index in [4.69, 9.17) is 4.74 Å². The molecular formula is C17H18BrNO2. The largest absolute Gasteiger partial charge is 0.468 e. The van der Waals surface area contributed by atoms with Crippen molar-refractivity contribution in [1.29, 1.82) is 0 Å². The molecule has 0 aliphatic carbocycles. The Balaban J connectivity index is 2.12. The minimum absolute atomic E-state index is 0.282. The number of carbonyl (C=O) groups excluding carboxylic acids is 1. The minimum atomic E-state index is -0.458. The Hall–Kier alpha value is -1.65. The summed E-state index contributed by atoms with van der Waals surface area (Å²) in [5.41, 5.74) is 3.20. The summed E-state index contributed by atoms with van der Waals surface area (Å²) >= 11 is 3.49. The molecule has 110 valence electrons. The van der Waals surface area contributed by atoms with E-state index in [-0.39, 0.29) is 5.97 Å². The summed E-state index contributed by atoms with van der Waals surface area (Å²) < 4.78 is 5.97. The summed E-state index contributed by atoms with van der Waals surface area (Å²) in [7, 11) is 1.41. The molecule has 2 aromatic rings. The Morgan fingerprint density at radius 2 is 1.95 bits per heavy atom. The molecule has 0 aromatic heterocycles. The highest BCUT2D eigenvalue weighted by atomic mass is 79.9. The number of benzene rings is 2. The summed E-state index contributed by atoms with van der Waals surface area (Å²) in [6.07, 6.45) is 0. The molecule has 2 rings (SSSR count). The molecule has 0 bridgehead atoms. The lowest BCUT2D eigenvalue weighted by Gasteiger charge is -2.17. The van der Waals surface area contributed by atoms with Gasteiger partial charge in [-0.3, -0.25) is 5.32 Å². The van der Waals surface area contributed by atoms with Crippen LogP contribution in [0.1, 0.15) is 22.7 Å². The fourth-order valence-electron chi connectivity index (χ4n) is 2.14. The number of aryl methyl sites for hydroxylation is 1. The Bertz CT molecular complexity index is 613. The Morgan fingerprint density at radius 1 is 1.24 bits per heavy atom. The van der Waals surface area contributed by atoms with Crippen molar-refractivity contribution < 1.29 is 9.53 Å². The van der Waals surface area contributed by atoms with Gasteiger partial charge < -0.3 is 4.74 Å². The molecule has 4 heteroatoms. The first-order valence-electron chi connectivity index (χ1n) is 6.73. The third-order valence-electron chi connectivity index (χ3n) is 3.30. The maximum Gasteiger partial charge on any atom is 0.327 e. The minimum Gasteiger partial charge on any atom is -0.468 e. The van der Waals surface area contributed by atoms with Crippen LogP contribution < -0.4 is 5.32 Å². The van der Waals surface area contributed by atoms with Crippen molar-refractivity contribution in [3.8, 4) is 0 Å². The Morgan fingerprint density at radius 3 is 2.57 bits per heavy atom. The number of carbonyl (C=O) groups is 1. The second-order valence-electron chi connectivity index (χ2n) is 4.83. The van der Waals surface area contributed by atoms with E-state index in [9.17, 15) is 4.79 Å². The predicted molar refractivity (Wildman–Crippen MR) is 86.9 cm³/mol. The summed E-state index contributed by atoms with van der Waals surface area (Å²) in [4.78, 5) is 12.0. The number of halogens is 1. The molecule has 0 saturated carbocycles. The molecule has 0 heterocycles. The molecule has 0 amide bonds. The first-order chi connectivity index (χ1) is 10.1. The van der Waals surface area contributed by atoms with Gasteiger partial charge in [-0.1, -0.05) is 58.4 Å². The van der Waals surface area contributed by atoms with Gasteiger partial charge in [0.1, 0.15) is 6.04 Å². The fourth-order valence-corrected chi connectivity index (χ4v) is 2.38. The Kier molecular flexibility index (Phi) is 5.53. The molecule has 0 fully saturated rings. The summed E-state index contributed by atoms with van der Waals surface area (Å²) in [6, 6.07) is 15.3. The lowest BCUT2D eigenvalue weighted by Crippen LogP contribution is -2.29. The lowest BCUT2D eigenvalue weighted by molar-refractivity contribution is -0.143. The van der Waals surface area contributed by atoms with Crippen LogP contribution in [0.5, 0.6) is 0 Å². The van der Waals surface area contributed by atoms with Crippen molar-refractivity contribution in [1.82, 2.24) is 5.32 Å². The van der Waals surface area contributed by atoms with E-state index in [2.05, 4.69) is 27.3 Å². The quantitative estimate of drug-likeness (QED) is 0.836. The number of esters is 1. The first kappa shape index (κ1) is 15.7. The van der Waals surface area contributed by atoms with Gasteiger partial charge in [0, 0.05) is 11.0 Å². The van der Waals surface area contributed by atoms with E-state index >= 15 is 0 Å². The second-order valence-corrected chi connectivity index (χ2v) is 5.69. The monoisotopic (exact) mass is 347 g/mol. The number of ether oxygens (including phenoxy) is 1. The van der Waals surface area contributed by atoms with Crippen molar-refractivity contribution >= 4 is 21.9 Å². The molecule has 21 heavy (non-hydrogen) atoms. The number of rotatable bonds is 5. The summed E-state index contributed by atoms with van der Waals surface area (Å²) in [5, 5.41) is 3.26.